The van der Waals surface area contributed by atoms with Crippen molar-refractivity contribution >= 4 is 5.84 Å². The molecule has 4 N–H and O–H groups in total. The van der Waals surface area contributed by atoms with Crippen LogP contribution >= 0.6 is 0 Å². The van der Waals surface area contributed by atoms with Gasteiger partial charge in [-0.25, -0.2) is 0 Å². The molecule has 5 heteroatoms. The van der Waals surface area contributed by atoms with Crippen molar-refractivity contribution in [2.75, 3.05) is 20.2 Å². The summed E-state index contributed by atoms with van der Waals surface area (Å²) in [6, 6.07) is 8.13. The molecule has 0 unspecified atom stereocenters. The van der Waals surface area contributed by atoms with E-state index in [1.807, 2.05) is 12.1 Å². The Hall–Kier alpha value is -1.75. The molecule has 0 saturated heterocycles. The molecular weight excluding hydrogens is 254 g/mol. The molecule has 1 saturated carbocycles. The van der Waals surface area contributed by atoms with Crippen molar-refractivity contribution in [3.8, 4) is 5.75 Å². The summed E-state index contributed by atoms with van der Waals surface area (Å²) in [5.74, 6) is 1.23. The number of methoxy groups -OCH3 is 1. The summed E-state index contributed by atoms with van der Waals surface area (Å²) in [6.45, 7) is 1.85. The van der Waals surface area contributed by atoms with Gasteiger partial charge in [0.05, 0.1) is 7.11 Å². The Bertz CT molecular complexity index is 470. The highest BCUT2D eigenvalue weighted by Crippen LogP contribution is 2.48. The van der Waals surface area contributed by atoms with Crippen LogP contribution in [0.15, 0.2) is 29.4 Å². The van der Waals surface area contributed by atoms with E-state index in [4.69, 9.17) is 15.7 Å². The summed E-state index contributed by atoms with van der Waals surface area (Å²) >= 11 is 0. The molecule has 1 aromatic carbocycles. The Kier molecular flexibility index (Phi) is 4.84. The number of ether oxygens (including phenoxy) is 1. The smallest absolute Gasteiger partial charge is 0.139 e. The monoisotopic (exact) mass is 277 g/mol. The van der Waals surface area contributed by atoms with Crippen LogP contribution in [0.2, 0.25) is 0 Å². The minimum atomic E-state index is 0.213. The second-order valence-electron chi connectivity index (χ2n) is 5.55. The van der Waals surface area contributed by atoms with E-state index in [0.29, 0.717) is 12.3 Å². The Morgan fingerprint density at radius 2 is 2.30 bits per heavy atom. The predicted molar refractivity (Wildman–Crippen MR) is 79.3 cm³/mol. The lowest BCUT2D eigenvalue weighted by atomic mass is 10.0. The maximum atomic E-state index is 8.63. The Balaban J connectivity index is 1.71. The molecule has 5 nitrogen and oxygen atoms in total. The molecule has 1 aliphatic carbocycles. The van der Waals surface area contributed by atoms with E-state index in [-0.39, 0.29) is 5.41 Å². The van der Waals surface area contributed by atoms with Crippen molar-refractivity contribution in [2.24, 2.45) is 16.3 Å². The van der Waals surface area contributed by atoms with Crippen LogP contribution in [0.4, 0.5) is 0 Å². The van der Waals surface area contributed by atoms with Crippen LogP contribution in [0.3, 0.4) is 0 Å². The maximum Gasteiger partial charge on any atom is 0.139 e. The van der Waals surface area contributed by atoms with Crippen LogP contribution < -0.4 is 15.8 Å². The fourth-order valence-corrected chi connectivity index (χ4v) is 2.43. The third-order valence-electron chi connectivity index (χ3n) is 3.87. The van der Waals surface area contributed by atoms with Crippen molar-refractivity contribution in [1.29, 1.82) is 0 Å². The van der Waals surface area contributed by atoms with Gasteiger partial charge in [-0.05, 0) is 48.9 Å². The van der Waals surface area contributed by atoms with Gasteiger partial charge in [-0.3, -0.25) is 0 Å². The topological polar surface area (TPSA) is 79.9 Å². The van der Waals surface area contributed by atoms with Crippen LogP contribution in [0, 0.1) is 5.41 Å². The molecule has 0 radical (unpaired) electrons. The molecule has 0 spiro atoms. The van der Waals surface area contributed by atoms with Gasteiger partial charge in [-0.2, -0.15) is 0 Å². The van der Waals surface area contributed by atoms with Crippen LogP contribution in [0.1, 0.15) is 24.8 Å². The van der Waals surface area contributed by atoms with Crippen molar-refractivity contribution in [1.82, 2.24) is 5.32 Å². The van der Waals surface area contributed by atoms with E-state index in [1.54, 1.807) is 7.11 Å². The molecule has 0 amide bonds. The third kappa shape index (κ3) is 4.13. The van der Waals surface area contributed by atoms with E-state index >= 15 is 0 Å². The molecule has 0 aromatic heterocycles. The number of benzene rings is 1. The van der Waals surface area contributed by atoms with Gasteiger partial charge in [0, 0.05) is 13.0 Å². The van der Waals surface area contributed by atoms with Gasteiger partial charge in [0.15, 0.2) is 0 Å². The maximum absolute atomic E-state index is 8.63. The van der Waals surface area contributed by atoms with Gasteiger partial charge in [0.1, 0.15) is 11.6 Å². The number of nitrogens with two attached hydrogens (primary N) is 1. The quantitative estimate of drug-likeness (QED) is 0.222. The van der Waals surface area contributed by atoms with Crippen molar-refractivity contribution in [3.63, 3.8) is 0 Å². The second kappa shape index (κ2) is 6.61. The van der Waals surface area contributed by atoms with Crippen molar-refractivity contribution in [3.05, 3.63) is 29.8 Å². The van der Waals surface area contributed by atoms with Gasteiger partial charge in [0.25, 0.3) is 0 Å². The third-order valence-corrected chi connectivity index (χ3v) is 3.87. The normalized spacial score (nSPS) is 16.9. The molecule has 1 aliphatic rings. The van der Waals surface area contributed by atoms with Gasteiger partial charge in [0.2, 0.25) is 0 Å². The highest BCUT2D eigenvalue weighted by atomic mass is 16.5. The fraction of sp³-hybridized carbons (Fsp3) is 0.533. The number of oxime groups is 1. The average molecular weight is 277 g/mol. The van der Waals surface area contributed by atoms with E-state index in [1.165, 1.54) is 5.56 Å². The molecule has 1 aromatic rings. The molecule has 0 atom stereocenters. The van der Waals surface area contributed by atoms with E-state index in [0.717, 1.165) is 38.1 Å². The van der Waals surface area contributed by atoms with E-state index < -0.39 is 0 Å². The first kappa shape index (κ1) is 14.7. The van der Waals surface area contributed by atoms with Crippen LogP contribution in [0.25, 0.3) is 0 Å². The lowest BCUT2D eigenvalue weighted by Gasteiger charge is -2.15. The average Bonchev–Trinajstić information content (AvgIpc) is 3.23. The minimum Gasteiger partial charge on any atom is -0.497 e. The molecule has 110 valence electrons. The molecule has 1 fully saturated rings. The predicted octanol–water partition coefficient (Wildman–Crippen LogP) is 1.74. The first-order valence-corrected chi connectivity index (χ1v) is 6.97. The van der Waals surface area contributed by atoms with Crippen molar-refractivity contribution < 1.29 is 9.94 Å². The van der Waals surface area contributed by atoms with Crippen LogP contribution in [0.5, 0.6) is 5.75 Å². The summed E-state index contributed by atoms with van der Waals surface area (Å²) < 4.78 is 5.21. The number of amidine groups is 1. The highest BCUT2D eigenvalue weighted by Gasteiger charge is 2.42. The van der Waals surface area contributed by atoms with E-state index in [2.05, 4.69) is 22.6 Å². The molecule has 2 rings (SSSR count). The first-order valence-electron chi connectivity index (χ1n) is 6.97. The standard InChI is InChI=1S/C15H23N3O2/c1-20-13-4-2-3-12(9-13)5-8-17-11-15(6-7-15)10-14(16)18-19/h2-4,9,17,19H,5-8,10-11H2,1H3,(H2,16,18). The number of hydrogen-bond acceptors (Lipinski definition) is 4. The summed E-state index contributed by atoms with van der Waals surface area (Å²) in [7, 11) is 1.68. The van der Waals surface area contributed by atoms with Crippen LogP contribution in [-0.4, -0.2) is 31.2 Å². The zero-order chi connectivity index (χ0) is 14.4. The molecule has 0 aliphatic heterocycles. The Morgan fingerprint density at radius 3 is 2.95 bits per heavy atom. The zero-order valence-electron chi connectivity index (χ0n) is 11.9. The first-order chi connectivity index (χ1) is 9.67. The molecule has 20 heavy (non-hydrogen) atoms. The number of nitrogens with one attached hydrogen (secondary N) is 1. The SMILES string of the molecule is COc1cccc(CCNCC2(C/C(N)=N/O)CC2)c1. The van der Waals surface area contributed by atoms with Crippen LogP contribution in [-0.2, 0) is 6.42 Å². The largest absolute Gasteiger partial charge is 0.497 e. The zero-order valence-corrected chi connectivity index (χ0v) is 11.9. The summed E-state index contributed by atoms with van der Waals surface area (Å²) in [6.07, 6.45) is 3.94. The molecule has 0 bridgehead atoms. The number of hydrogen-bond donors (Lipinski definition) is 3. The molecule has 0 heterocycles. The van der Waals surface area contributed by atoms with Gasteiger partial charge >= 0.3 is 0 Å². The minimum absolute atomic E-state index is 0.213. The van der Waals surface area contributed by atoms with Gasteiger partial charge < -0.3 is 21.0 Å². The summed E-state index contributed by atoms with van der Waals surface area (Å²) in [4.78, 5) is 0. The lowest BCUT2D eigenvalue weighted by Crippen LogP contribution is -2.29. The summed E-state index contributed by atoms with van der Waals surface area (Å²) in [5, 5.41) is 15.2. The second-order valence-corrected chi connectivity index (χ2v) is 5.55. The van der Waals surface area contributed by atoms with Gasteiger partial charge in [-0.1, -0.05) is 17.3 Å². The van der Waals surface area contributed by atoms with Crippen molar-refractivity contribution in [2.45, 2.75) is 25.7 Å². The number of rotatable bonds is 8. The lowest BCUT2D eigenvalue weighted by molar-refractivity contribution is 0.314. The van der Waals surface area contributed by atoms with Gasteiger partial charge in [-0.15, -0.1) is 0 Å². The fourth-order valence-electron chi connectivity index (χ4n) is 2.43. The Morgan fingerprint density at radius 1 is 1.50 bits per heavy atom. The number of nitrogens with zero attached hydrogens (tertiary/aromatic N) is 1. The Labute approximate surface area is 119 Å². The highest BCUT2D eigenvalue weighted by molar-refractivity contribution is 5.80. The van der Waals surface area contributed by atoms with E-state index in [9.17, 15) is 0 Å². The summed E-state index contributed by atoms with van der Waals surface area (Å²) in [5.41, 5.74) is 7.06. The molecular formula is C15H23N3O2.